The first-order valence-corrected chi connectivity index (χ1v) is 6.38. The molecule has 104 valence electrons. The summed E-state index contributed by atoms with van der Waals surface area (Å²) in [6, 6.07) is 10.1. The average Bonchev–Trinajstić information content (AvgIpc) is 2.42. The van der Waals surface area contributed by atoms with E-state index in [0.717, 1.165) is 6.07 Å². The SMILES string of the molecule is CC(NC(=O)c1cccc(F)c1F)c1ccccc1Cl. The van der Waals surface area contributed by atoms with Crippen molar-refractivity contribution in [3.8, 4) is 0 Å². The van der Waals surface area contributed by atoms with Crippen LogP contribution in [-0.2, 0) is 0 Å². The van der Waals surface area contributed by atoms with Gasteiger partial charge >= 0.3 is 0 Å². The molecule has 2 aromatic carbocycles. The van der Waals surface area contributed by atoms with E-state index in [1.54, 1.807) is 31.2 Å². The second-order valence-electron chi connectivity index (χ2n) is 4.32. The molecule has 20 heavy (non-hydrogen) atoms. The van der Waals surface area contributed by atoms with E-state index in [4.69, 9.17) is 11.6 Å². The van der Waals surface area contributed by atoms with Gasteiger partial charge in [0.1, 0.15) is 0 Å². The predicted molar refractivity (Wildman–Crippen MR) is 73.7 cm³/mol. The molecule has 0 saturated carbocycles. The molecule has 0 saturated heterocycles. The predicted octanol–water partition coefficient (Wildman–Crippen LogP) is 4.11. The molecule has 2 aromatic rings. The zero-order valence-electron chi connectivity index (χ0n) is 10.7. The number of benzene rings is 2. The first kappa shape index (κ1) is 14.5. The standard InChI is InChI=1S/C15H12ClF2NO/c1-9(10-5-2-3-7-12(10)16)19-15(20)11-6-4-8-13(17)14(11)18/h2-9H,1H3,(H,19,20). The van der Waals surface area contributed by atoms with E-state index in [1.807, 2.05) is 0 Å². The first-order chi connectivity index (χ1) is 9.50. The number of nitrogens with one attached hydrogen (secondary N) is 1. The Morgan fingerprint density at radius 1 is 1.15 bits per heavy atom. The summed E-state index contributed by atoms with van der Waals surface area (Å²) in [5.74, 6) is -2.89. The summed E-state index contributed by atoms with van der Waals surface area (Å²) >= 11 is 6.02. The Morgan fingerprint density at radius 3 is 2.55 bits per heavy atom. The number of carbonyl (C=O) groups excluding carboxylic acids is 1. The summed E-state index contributed by atoms with van der Waals surface area (Å²) < 4.78 is 26.6. The minimum Gasteiger partial charge on any atom is -0.345 e. The maximum absolute atomic E-state index is 13.5. The fourth-order valence-electron chi connectivity index (χ4n) is 1.86. The van der Waals surface area contributed by atoms with Gasteiger partial charge in [0.2, 0.25) is 0 Å². The molecule has 5 heteroatoms. The van der Waals surface area contributed by atoms with Gasteiger partial charge in [0.25, 0.3) is 5.91 Å². The minimum atomic E-state index is -1.16. The lowest BCUT2D eigenvalue weighted by molar-refractivity contribution is 0.0935. The third-order valence-electron chi connectivity index (χ3n) is 2.92. The van der Waals surface area contributed by atoms with Gasteiger partial charge in [-0.25, -0.2) is 8.78 Å². The van der Waals surface area contributed by atoms with E-state index in [9.17, 15) is 13.6 Å². The highest BCUT2D eigenvalue weighted by atomic mass is 35.5. The van der Waals surface area contributed by atoms with Crippen LogP contribution in [0.25, 0.3) is 0 Å². The molecule has 2 rings (SSSR count). The molecular weight excluding hydrogens is 284 g/mol. The summed E-state index contributed by atoms with van der Waals surface area (Å²) in [7, 11) is 0. The molecule has 0 fully saturated rings. The molecule has 0 aliphatic carbocycles. The van der Waals surface area contributed by atoms with Gasteiger partial charge in [-0.05, 0) is 30.7 Å². The molecule has 0 radical (unpaired) electrons. The summed E-state index contributed by atoms with van der Waals surface area (Å²) in [6.07, 6.45) is 0. The third-order valence-corrected chi connectivity index (χ3v) is 3.26. The lowest BCUT2D eigenvalue weighted by Gasteiger charge is -2.16. The smallest absolute Gasteiger partial charge is 0.254 e. The Balaban J connectivity index is 2.20. The van der Waals surface area contributed by atoms with Gasteiger partial charge in [-0.1, -0.05) is 35.9 Å². The van der Waals surface area contributed by atoms with Crippen molar-refractivity contribution in [2.75, 3.05) is 0 Å². The van der Waals surface area contributed by atoms with Crippen molar-refractivity contribution in [2.24, 2.45) is 0 Å². The van der Waals surface area contributed by atoms with Crippen LogP contribution < -0.4 is 5.32 Å². The largest absolute Gasteiger partial charge is 0.345 e. The van der Waals surface area contributed by atoms with Crippen molar-refractivity contribution in [2.45, 2.75) is 13.0 Å². The molecule has 2 nitrogen and oxygen atoms in total. The zero-order chi connectivity index (χ0) is 14.7. The molecule has 1 N–H and O–H groups in total. The van der Waals surface area contributed by atoms with Crippen LogP contribution in [0.2, 0.25) is 5.02 Å². The van der Waals surface area contributed by atoms with Gasteiger partial charge in [0, 0.05) is 5.02 Å². The fourth-order valence-corrected chi connectivity index (χ4v) is 2.16. The van der Waals surface area contributed by atoms with E-state index in [-0.39, 0.29) is 5.56 Å². The van der Waals surface area contributed by atoms with Crippen LogP contribution in [0, 0.1) is 11.6 Å². The maximum atomic E-state index is 13.5. The zero-order valence-corrected chi connectivity index (χ0v) is 11.4. The van der Waals surface area contributed by atoms with E-state index in [0.29, 0.717) is 10.6 Å². The molecule has 0 bridgehead atoms. The van der Waals surface area contributed by atoms with Gasteiger partial charge in [0.05, 0.1) is 11.6 Å². The molecule has 1 atom stereocenters. The van der Waals surface area contributed by atoms with Gasteiger partial charge in [0.15, 0.2) is 11.6 Å². The van der Waals surface area contributed by atoms with Gasteiger partial charge in [-0.15, -0.1) is 0 Å². The van der Waals surface area contributed by atoms with Crippen LogP contribution in [-0.4, -0.2) is 5.91 Å². The molecule has 1 amide bonds. The van der Waals surface area contributed by atoms with Crippen molar-refractivity contribution in [3.05, 3.63) is 70.2 Å². The van der Waals surface area contributed by atoms with E-state index >= 15 is 0 Å². The number of hydrogen-bond acceptors (Lipinski definition) is 1. The molecule has 0 heterocycles. The number of hydrogen-bond donors (Lipinski definition) is 1. The second-order valence-corrected chi connectivity index (χ2v) is 4.73. The number of halogens is 3. The van der Waals surface area contributed by atoms with Crippen LogP contribution in [0.5, 0.6) is 0 Å². The minimum absolute atomic E-state index is 0.330. The van der Waals surface area contributed by atoms with E-state index in [1.165, 1.54) is 12.1 Å². The second kappa shape index (κ2) is 6.01. The van der Waals surface area contributed by atoms with Crippen molar-refractivity contribution in [1.29, 1.82) is 0 Å². The van der Waals surface area contributed by atoms with Crippen LogP contribution in [0.1, 0.15) is 28.9 Å². The van der Waals surface area contributed by atoms with Crippen LogP contribution >= 0.6 is 11.6 Å². The van der Waals surface area contributed by atoms with Gasteiger partial charge in [-0.3, -0.25) is 4.79 Å². The Bertz CT molecular complexity index is 646. The number of amides is 1. The van der Waals surface area contributed by atoms with Gasteiger partial charge < -0.3 is 5.32 Å². The summed E-state index contributed by atoms with van der Waals surface area (Å²) in [5, 5.41) is 3.09. The van der Waals surface area contributed by atoms with E-state index in [2.05, 4.69) is 5.32 Å². The Kier molecular flexibility index (Phi) is 4.35. The quantitative estimate of drug-likeness (QED) is 0.907. The maximum Gasteiger partial charge on any atom is 0.254 e. The highest BCUT2D eigenvalue weighted by Gasteiger charge is 2.18. The van der Waals surface area contributed by atoms with Crippen LogP contribution in [0.3, 0.4) is 0 Å². The normalized spacial score (nSPS) is 12.0. The van der Waals surface area contributed by atoms with Crippen molar-refractivity contribution >= 4 is 17.5 Å². The fraction of sp³-hybridized carbons (Fsp3) is 0.133. The van der Waals surface area contributed by atoms with Crippen molar-refractivity contribution < 1.29 is 13.6 Å². The molecule has 1 unspecified atom stereocenters. The molecule has 0 aliphatic rings. The lowest BCUT2D eigenvalue weighted by atomic mass is 10.1. The van der Waals surface area contributed by atoms with Crippen molar-refractivity contribution in [1.82, 2.24) is 5.32 Å². The average molecular weight is 296 g/mol. The Hall–Kier alpha value is -1.94. The topological polar surface area (TPSA) is 29.1 Å². The summed E-state index contributed by atoms with van der Waals surface area (Å²) in [4.78, 5) is 12.0. The van der Waals surface area contributed by atoms with E-state index < -0.39 is 23.6 Å². The van der Waals surface area contributed by atoms with Crippen molar-refractivity contribution in [3.63, 3.8) is 0 Å². The highest BCUT2D eigenvalue weighted by molar-refractivity contribution is 6.31. The highest BCUT2D eigenvalue weighted by Crippen LogP contribution is 2.22. The first-order valence-electron chi connectivity index (χ1n) is 6.00. The molecule has 0 aliphatic heterocycles. The summed E-state index contributed by atoms with van der Waals surface area (Å²) in [6.45, 7) is 1.72. The lowest BCUT2D eigenvalue weighted by Crippen LogP contribution is -2.27. The number of rotatable bonds is 3. The Morgan fingerprint density at radius 2 is 1.85 bits per heavy atom. The van der Waals surface area contributed by atoms with Crippen LogP contribution in [0.15, 0.2) is 42.5 Å². The Labute approximate surface area is 120 Å². The molecular formula is C15H12ClF2NO. The molecule has 0 aromatic heterocycles. The monoisotopic (exact) mass is 295 g/mol. The summed E-state index contributed by atoms with van der Waals surface area (Å²) in [5.41, 5.74) is 0.378. The van der Waals surface area contributed by atoms with Gasteiger partial charge in [-0.2, -0.15) is 0 Å². The number of carbonyl (C=O) groups is 1. The van der Waals surface area contributed by atoms with Crippen LogP contribution in [0.4, 0.5) is 8.78 Å². The molecule has 0 spiro atoms. The third kappa shape index (κ3) is 2.96.